The lowest BCUT2D eigenvalue weighted by Gasteiger charge is -2.23. The topological polar surface area (TPSA) is 26.3 Å². The van der Waals surface area contributed by atoms with E-state index in [2.05, 4.69) is 172 Å². The fourth-order valence-corrected chi connectivity index (χ4v) is 9.76. The van der Waals surface area contributed by atoms with Gasteiger partial charge in [-0.05, 0) is 102 Å². The first-order valence-corrected chi connectivity index (χ1v) is 19.1. The summed E-state index contributed by atoms with van der Waals surface area (Å²) in [6.45, 7) is 4.75. The summed E-state index contributed by atoms with van der Waals surface area (Å²) in [6.07, 6.45) is 0. The van der Waals surface area contributed by atoms with Gasteiger partial charge < -0.3 is 8.83 Å². The molecule has 1 aliphatic rings. The van der Waals surface area contributed by atoms with Crippen LogP contribution in [-0.2, 0) is 5.41 Å². The van der Waals surface area contributed by atoms with E-state index in [-0.39, 0.29) is 5.41 Å². The van der Waals surface area contributed by atoms with Crippen LogP contribution in [0.2, 0.25) is 0 Å². The van der Waals surface area contributed by atoms with E-state index in [1.807, 2.05) is 12.1 Å². The fourth-order valence-electron chi connectivity index (χ4n) is 9.76. The second-order valence-electron chi connectivity index (χ2n) is 15.6. The molecule has 0 unspecified atom stereocenters. The molecule has 0 atom stereocenters. The number of rotatable bonds is 3. The molecule has 2 heteroatoms. The van der Waals surface area contributed by atoms with Gasteiger partial charge in [-0.1, -0.05) is 153 Å². The number of para-hydroxylation sites is 2. The smallest absolute Gasteiger partial charge is 0.144 e. The second kappa shape index (κ2) is 11.1. The van der Waals surface area contributed by atoms with Crippen molar-refractivity contribution < 1.29 is 8.83 Å². The van der Waals surface area contributed by atoms with Gasteiger partial charge in [0.15, 0.2) is 0 Å². The lowest BCUT2D eigenvalue weighted by atomic mass is 9.80. The third-order valence-corrected chi connectivity index (χ3v) is 12.3. The lowest BCUT2D eigenvalue weighted by molar-refractivity contribution is 0.660. The number of benzene rings is 9. The largest absolute Gasteiger partial charge is 0.456 e. The molecule has 258 valence electrons. The summed E-state index contributed by atoms with van der Waals surface area (Å²) in [5.41, 5.74) is 15.8. The van der Waals surface area contributed by atoms with Crippen molar-refractivity contribution in [3.8, 4) is 44.5 Å². The summed E-state index contributed by atoms with van der Waals surface area (Å²) in [5, 5.41) is 9.43. The maximum absolute atomic E-state index is 6.72. The molecule has 0 saturated heterocycles. The van der Waals surface area contributed by atoms with Crippen molar-refractivity contribution in [1.82, 2.24) is 0 Å². The highest BCUT2D eigenvalue weighted by atomic mass is 16.3. The Balaban J connectivity index is 1.09. The number of hydrogen-bond donors (Lipinski definition) is 0. The van der Waals surface area contributed by atoms with Gasteiger partial charge in [-0.2, -0.15) is 0 Å². The Labute approximate surface area is 317 Å². The van der Waals surface area contributed by atoms with Crippen LogP contribution in [-0.4, -0.2) is 0 Å². The molecule has 0 spiro atoms. The molecule has 0 fully saturated rings. The van der Waals surface area contributed by atoms with Gasteiger partial charge in [0.2, 0.25) is 0 Å². The van der Waals surface area contributed by atoms with Gasteiger partial charge in [0.05, 0.1) is 0 Å². The fraction of sp³-hybridized carbons (Fsp3) is 0.0566. The Hall–Kier alpha value is -6.90. The maximum atomic E-state index is 6.72. The molecule has 9 aromatic carbocycles. The van der Waals surface area contributed by atoms with Crippen molar-refractivity contribution in [3.63, 3.8) is 0 Å². The van der Waals surface area contributed by atoms with Gasteiger partial charge in [0, 0.05) is 32.5 Å². The Morgan fingerprint density at radius 2 is 0.891 bits per heavy atom. The highest BCUT2D eigenvalue weighted by Crippen LogP contribution is 2.53. The zero-order valence-electron chi connectivity index (χ0n) is 30.5. The molecule has 11 aromatic rings. The lowest BCUT2D eigenvalue weighted by Crippen LogP contribution is -2.15. The first-order chi connectivity index (χ1) is 27.0. The molecular weight excluding hydrogens is 669 g/mol. The van der Waals surface area contributed by atoms with E-state index in [9.17, 15) is 0 Å². The van der Waals surface area contributed by atoms with E-state index in [4.69, 9.17) is 8.83 Å². The van der Waals surface area contributed by atoms with E-state index in [0.29, 0.717) is 0 Å². The van der Waals surface area contributed by atoms with Gasteiger partial charge >= 0.3 is 0 Å². The molecule has 0 N–H and O–H groups in total. The van der Waals surface area contributed by atoms with E-state index in [1.165, 1.54) is 66.1 Å². The van der Waals surface area contributed by atoms with Crippen molar-refractivity contribution in [3.05, 3.63) is 181 Å². The average molecular weight is 703 g/mol. The standard InChI is InChI=1S/C53H34O2/c1-53(2)43-27-25-32(50-51-40-21-11-13-23-46(40)54-47(51)30-42-35-16-10-12-22-45(35)55-52(42)50)28-41(43)34-26-24-33(29-44(34)53)49-38-19-8-6-17-36(38)48(31-14-4-3-5-15-31)37-18-7-9-20-39(37)49/h3-30H,1-2H3. The normalized spacial score (nSPS) is 13.4. The minimum Gasteiger partial charge on any atom is -0.456 e. The van der Waals surface area contributed by atoms with Gasteiger partial charge in [-0.25, -0.2) is 0 Å². The summed E-state index contributed by atoms with van der Waals surface area (Å²) in [5.74, 6) is 0. The zero-order chi connectivity index (χ0) is 36.4. The quantitative estimate of drug-likeness (QED) is 0.171. The van der Waals surface area contributed by atoms with Crippen LogP contribution in [0.15, 0.2) is 179 Å². The highest BCUT2D eigenvalue weighted by Gasteiger charge is 2.36. The molecule has 2 aromatic heterocycles. The number of hydrogen-bond acceptors (Lipinski definition) is 2. The third kappa shape index (κ3) is 4.20. The molecule has 12 rings (SSSR count). The van der Waals surface area contributed by atoms with Crippen molar-refractivity contribution in [2.75, 3.05) is 0 Å². The molecule has 0 bridgehead atoms. The van der Waals surface area contributed by atoms with Crippen LogP contribution >= 0.6 is 0 Å². The van der Waals surface area contributed by atoms with Gasteiger partial charge in [0.1, 0.15) is 22.3 Å². The molecule has 55 heavy (non-hydrogen) atoms. The van der Waals surface area contributed by atoms with Crippen molar-refractivity contribution in [1.29, 1.82) is 0 Å². The minimum atomic E-state index is -0.197. The van der Waals surface area contributed by atoms with E-state index in [1.54, 1.807) is 0 Å². The minimum absolute atomic E-state index is 0.197. The second-order valence-corrected chi connectivity index (χ2v) is 15.6. The zero-order valence-corrected chi connectivity index (χ0v) is 30.5. The van der Waals surface area contributed by atoms with Crippen molar-refractivity contribution >= 4 is 65.4 Å². The molecule has 0 saturated carbocycles. The Bertz CT molecular complexity index is 3330. The molecular formula is C53H34O2. The van der Waals surface area contributed by atoms with Gasteiger partial charge in [-0.3, -0.25) is 0 Å². The van der Waals surface area contributed by atoms with Crippen LogP contribution in [0.3, 0.4) is 0 Å². The Kier molecular flexibility index (Phi) is 6.15. The number of furan rings is 2. The predicted molar refractivity (Wildman–Crippen MR) is 230 cm³/mol. The molecule has 2 heterocycles. The highest BCUT2D eigenvalue weighted by molar-refractivity contribution is 6.24. The van der Waals surface area contributed by atoms with Crippen LogP contribution in [0.4, 0.5) is 0 Å². The molecule has 0 amide bonds. The predicted octanol–water partition coefficient (Wildman–Crippen LogP) is 15.1. The SMILES string of the molecule is CC1(C)c2ccc(-c3c4oc5ccccc5c4cc4oc5ccccc5c34)cc2-c2ccc(-c3c4ccccc4c(-c4ccccc4)c4ccccc34)cc21. The van der Waals surface area contributed by atoms with Crippen molar-refractivity contribution in [2.45, 2.75) is 19.3 Å². The first kappa shape index (κ1) is 30.6. The van der Waals surface area contributed by atoms with Crippen LogP contribution in [0.5, 0.6) is 0 Å². The summed E-state index contributed by atoms with van der Waals surface area (Å²) >= 11 is 0. The Morgan fingerprint density at radius 1 is 0.345 bits per heavy atom. The van der Waals surface area contributed by atoms with Gasteiger partial charge in [0.25, 0.3) is 0 Å². The van der Waals surface area contributed by atoms with E-state index in [0.717, 1.165) is 55.0 Å². The maximum Gasteiger partial charge on any atom is 0.144 e. The average Bonchev–Trinajstić information content (AvgIpc) is 3.86. The monoisotopic (exact) mass is 702 g/mol. The van der Waals surface area contributed by atoms with Crippen LogP contribution in [0.25, 0.3) is 110 Å². The molecule has 1 aliphatic carbocycles. The Morgan fingerprint density at radius 3 is 1.58 bits per heavy atom. The molecule has 2 nitrogen and oxygen atoms in total. The van der Waals surface area contributed by atoms with E-state index >= 15 is 0 Å². The first-order valence-electron chi connectivity index (χ1n) is 19.1. The molecule has 0 radical (unpaired) electrons. The van der Waals surface area contributed by atoms with Crippen LogP contribution in [0.1, 0.15) is 25.0 Å². The summed E-state index contributed by atoms with van der Waals surface area (Å²) in [4.78, 5) is 0. The van der Waals surface area contributed by atoms with E-state index < -0.39 is 0 Å². The summed E-state index contributed by atoms with van der Waals surface area (Å²) in [6, 6.07) is 61.7. The summed E-state index contributed by atoms with van der Waals surface area (Å²) in [7, 11) is 0. The third-order valence-electron chi connectivity index (χ3n) is 12.3. The molecule has 0 aliphatic heterocycles. The van der Waals surface area contributed by atoms with Gasteiger partial charge in [-0.15, -0.1) is 0 Å². The number of fused-ring (bicyclic) bond motifs is 11. The van der Waals surface area contributed by atoms with Crippen LogP contribution in [0, 0.1) is 0 Å². The van der Waals surface area contributed by atoms with Crippen molar-refractivity contribution in [2.24, 2.45) is 0 Å². The van der Waals surface area contributed by atoms with Crippen LogP contribution < -0.4 is 0 Å². The summed E-state index contributed by atoms with van der Waals surface area (Å²) < 4.78 is 13.3.